The number of carbonyl (C=O) groups is 1. The second-order valence-corrected chi connectivity index (χ2v) is 2.27. The Morgan fingerprint density at radius 2 is 2.08 bits per heavy atom. The van der Waals surface area contributed by atoms with E-state index in [1.54, 1.807) is 0 Å². The molecule has 0 heterocycles. The zero-order chi connectivity index (χ0) is 8.81. The smallest absolute Gasteiger partial charge is 0.214 e. The van der Waals surface area contributed by atoms with Gasteiger partial charge in [0.2, 0.25) is 6.41 Å². The predicted octanol–water partition coefficient (Wildman–Crippen LogP) is 1.28. The van der Waals surface area contributed by atoms with Crippen LogP contribution in [0, 0.1) is 12.3 Å². The highest BCUT2D eigenvalue weighted by atomic mass is 16.1. The van der Waals surface area contributed by atoms with Crippen LogP contribution in [-0.4, -0.2) is 13.0 Å². The molecule has 2 heteroatoms. The van der Waals surface area contributed by atoms with E-state index in [-0.39, 0.29) is 0 Å². The Balaban J connectivity index is 2.81. The maximum absolute atomic E-state index is 10.5. The Hall–Kier alpha value is -1.75. The molecule has 0 aliphatic carbocycles. The standard InChI is InChI=1S/C10H9NO/c1-2-8-11(9-12)10-6-4-3-5-7-10/h1,3-7,9H,8H2. The van der Waals surface area contributed by atoms with Gasteiger partial charge in [0.1, 0.15) is 0 Å². The minimum absolute atomic E-state index is 0.313. The number of para-hydroxylation sites is 1. The number of benzene rings is 1. The third kappa shape index (κ3) is 1.86. The van der Waals surface area contributed by atoms with Crippen molar-refractivity contribution in [2.75, 3.05) is 11.4 Å². The lowest BCUT2D eigenvalue weighted by Gasteiger charge is -2.12. The number of amides is 1. The van der Waals surface area contributed by atoms with E-state index >= 15 is 0 Å². The summed E-state index contributed by atoms with van der Waals surface area (Å²) in [6.07, 6.45) is 5.82. The summed E-state index contributed by atoms with van der Waals surface area (Å²) in [4.78, 5) is 12.0. The van der Waals surface area contributed by atoms with Crippen LogP contribution in [0.4, 0.5) is 5.69 Å². The third-order valence-electron chi connectivity index (χ3n) is 1.48. The van der Waals surface area contributed by atoms with E-state index in [1.807, 2.05) is 30.3 Å². The van der Waals surface area contributed by atoms with Crippen molar-refractivity contribution in [1.29, 1.82) is 0 Å². The molecule has 12 heavy (non-hydrogen) atoms. The lowest BCUT2D eigenvalue weighted by Crippen LogP contribution is -2.20. The molecule has 0 unspecified atom stereocenters. The van der Waals surface area contributed by atoms with E-state index in [0.717, 1.165) is 12.1 Å². The van der Waals surface area contributed by atoms with Crippen molar-refractivity contribution in [3.63, 3.8) is 0 Å². The van der Waals surface area contributed by atoms with Crippen LogP contribution >= 0.6 is 0 Å². The average molecular weight is 159 g/mol. The maximum atomic E-state index is 10.5. The molecule has 2 nitrogen and oxygen atoms in total. The van der Waals surface area contributed by atoms with E-state index in [2.05, 4.69) is 5.92 Å². The van der Waals surface area contributed by atoms with Crippen LogP contribution in [0.1, 0.15) is 0 Å². The fourth-order valence-electron chi connectivity index (χ4n) is 0.907. The quantitative estimate of drug-likeness (QED) is 0.480. The van der Waals surface area contributed by atoms with Gasteiger partial charge in [0.05, 0.1) is 6.54 Å². The molecule has 1 aromatic carbocycles. The van der Waals surface area contributed by atoms with Gasteiger partial charge in [-0.3, -0.25) is 4.79 Å². The van der Waals surface area contributed by atoms with Gasteiger partial charge in [0, 0.05) is 5.69 Å². The first-order chi connectivity index (χ1) is 5.88. The molecule has 60 valence electrons. The normalized spacial score (nSPS) is 8.58. The van der Waals surface area contributed by atoms with Crippen LogP contribution in [0.15, 0.2) is 30.3 Å². The molecule has 0 radical (unpaired) electrons. The van der Waals surface area contributed by atoms with Crippen molar-refractivity contribution in [2.24, 2.45) is 0 Å². The van der Waals surface area contributed by atoms with Gasteiger partial charge in [0.25, 0.3) is 0 Å². The Morgan fingerprint density at radius 3 is 2.58 bits per heavy atom. The van der Waals surface area contributed by atoms with Gasteiger partial charge in [-0.2, -0.15) is 0 Å². The van der Waals surface area contributed by atoms with E-state index in [9.17, 15) is 4.79 Å². The molecule has 0 saturated carbocycles. The average Bonchev–Trinajstić information content (AvgIpc) is 2.15. The lowest BCUT2D eigenvalue weighted by molar-refractivity contribution is -0.107. The Kier molecular flexibility index (Phi) is 2.92. The van der Waals surface area contributed by atoms with Crippen LogP contribution in [0.3, 0.4) is 0 Å². The molecule has 1 rings (SSSR count). The highest BCUT2D eigenvalue weighted by molar-refractivity contribution is 5.75. The van der Waals surface area contributed by atoms with Crippen LogP contribution < -0.4 is 4.90 Å². The third-order valence-corrected chi connectivity index (χ3v) is 1.48. The number of hydrogen-bond acceptors (Lipinski definition) is 1. The highest BCUT2D eigenvalue weighted by Gasteiger charge is 1.99. The Bertz CT molecular complexity index is 286. The van der Waals surface area contributed by atoms with Crippen molar-refractivity contribution >= 4 is 12.1 Å². The molecule has 0 aliphatic heterocycles. The van der Waals surface area contributed by atoms with E-state index in [0.29, 0.717) is 6.54 Å². The fourth-order valence-corrected chi connectivity index (χ4v) is 0.907. The first kappa shape index (κ1) is 8.35. The second kappa shape index (κ2) is 4.20. The molecular formula is C10H9NO. The van der Waals surface area contributed by atoms with Gasteiger partial charge < -0.3 is 4.90 Å². The van der Waals surface area contributed by atoms with Gasteiger partial charge in [-0.1, -0.05) is 24.1 Å². The van der Waals surface area contributed by atoms with E-state index in [1.165, 1.54) is 4.90 Å². The van der Waals surface area contributed by atoms with Crippen LogP contribution in [-0.2, 0) is 4.79 Å². The molecule has 0 spiro atoms. The van der Waals surface area contributed by atoms with Crippen molar-refractivity contribution in [1.82, 2.24) is 0 Å². The number of anilines is 1. The van der Waals surface area contributed by atoms with Crippen LogP contribution in [0.25, 0.3) is 0 Å². The molecule has 0 saturated heterocycles. The van der Waals surface area contributed by atoms with Crippen LogP contribution in [0.5, 0.6) is 0 Å². The number of nitrogens with zero attached hydrogens (tertiary/aromatic N) is 1. The second-order valence-electron chi connectivity index (χ2n) is 2.27. The molecule has 0 fully saturated rings. The SMILES string of the molecule is C#CCN(C=O)c1ccccc1. The summed E-state index contributed by atoms with van der Waals surface area (Å²) in [5.74, 6) is 2.41. The highest BCUT2D eigenvalue weighted by Crippen LogP contribution is 2.09. The number of carbonyl (C=O) groups excluding carboxylic acids is 1. The molecular weight excluding hydrogens is 150 g/mol. The van der Waals surface area contributed by atoms with E-state index in [4.69, 9.17) is 6.42 Å². The largest absolute Gasteiger partial charge is 0.303 e. The Morgan fingerprint density at radius 1 is 1.42 bits per heavy atom. The first-order valence-electron chi connectivity index (χ1n) is 3.59. The first-order valence-corrected chi connectivity index (χ1v) is 3.59. The summed E-state index contributed by atoms with van der Waals surface area (Å²) in [6, 6.07) is 9.30. The summed E-state index contributed by atoms with van der Waals surface area (Å²) < 4.78 is 0. The zero-order valence-electron chi connectivity index (χ0n) is 6.60. The summed E-state index contributed by atoms with van der Waals surface area (Å²) in [6.45, 7) is 0.313. The van der Waals surface area contributed by atoms with Crippen molar-refractivity contribution in [3.8, 4) is 12.3 Å². The summed E-state index contributed by atoms with van der Waals surface area (Å²) >= 11 is 0. The fraction of sp³-hybridized carbons (Fsp3) is 0.100. The lowest BCUT2D eigenvalue weighted by atomic mass is 10.3. The zero-order valence-corrected chi connectivity index (χ0v) is 6.60. The summed E-state index contributed by atoms with van der Waals surface area (Å²) in [7, 11) is 0. The predicted molar refractivity (Wildman–Crippen MR) is 48.7 cm³/mol. The monoisotopic (exact) mass is 159 g/mol. The molecule has 0 aromatic heterocycles. The molecule has 0 aliphatic rings. The van der Waals surface area contributed by atoms with E-state index < -0.39 is 0 Å². The van der Waals surface area contributed by atoms with Gasteiger partial charge in [-0.05, 0) is 12.1 Å². The van der Waals surface area contributed by atoms with Crippen molar-refractivity contribution in [2.45, 2.75) is 0 Å². The molecule has 1 amide bonds. The molecule has 0 bridgehead atoms. The van der Waals surface area contributed by atoms with Crippen molar-refractivity contribution < 1.29 is 4.79 Å². The summed E-state index contributed by atoms with van der Waals surface area (Å²) in [5, 5.41) is 0. The van der Waals surface area contributed by atoms with Gasteiger partial charge in [-0.25, -0.2) is 0 Å². The number of terminal acetylenes is 1. The minimum atomic E-state index is 0.313. The van der Waals surface area contributed by atoms with Crippen LogP contribution in [0.2, 0.25) is 0 Å². The minimum Gasteiger partial charge on any atom is -0.303 e. The van der Waals surface area contributed by atoms with Gasteiger partial charge >= 0.3 is 0 Å². The van der Waals surface area contributed by atoms with Gasteiger partial charge in [-0.15, -0.1) is 6.42 Å². The Labute approximate surface area is 71.8 Å². The molecule has 1 aromatic rings. The number of rotatable bonds is 3. The van der Waals surface area contributed by atoms with Gasteiger partial charge in [0.15, 0.2) is 0 Å². The topological polar surface area (TPSA) is 20.3 Å². The van der Waals surface area contributed by atoms with Crippen molar-refractivity contribution in [3.05, 3.63) is 30.3 Å². The maximum Gasteiger partial charge on any atom is 0.214 e. The number of hydrogen-bond donors (Lipinski definition) is 0. The molecule has 0 atom stereocenters. The summed E-state index contributed by atoms with van der Waals surface area (Å²) in [5.41, 5.74) is 0.824. The molecule has 0 N–H and O–H groups in total.